The molecule has 0 saturated heterocycles. The van der Waals surface area contributed by atoms with Gasteiger partial charge in [0.1, 0.15) is 6.10 Å². The first-order chi connectivity index (χ1) is 8.21. The molecule has 17 heavy (non-hydrogen) atoms. The molecule has 1 amide bonds. The summed E-state index contributed by atoms with van der Waals surface area (Å²) in [5.41, 5.74) is 5.47. The van der Waals surface area contributed by atoms with Crippen molar-refractivity contribution in [2.24, 2.45) is 11.7 Å². The second-order valence-corrected chi connectivity index (χ2v) is 4.97. The Morgan fingerprint density at radius 3 is 2.53 bits per heavy atom. The van der Waals surface area contributed by atoms with Crippen LogP contribution >= 0.6 is 0 Å². The smallest absolute Gasteiger partial charge is 0.250 e. The van der Waals surface area contributed by atoms with Gasteiger partial charge in [-0.15, -0.1) is 0 Å². The minimum Gasteiger partial charge on any atom is -0.370 e. The number of rotatable bonds is 6. The lowest BCUT2D eigenvalue weighted by Crippen LogP contribution is -2.46. The first-order valence-electron chi connectivity index (χ1n) is 6.74. The third-order valence-electron chi connectivity index (χ3n) is 3.68. The number of nitrogens with two attached hydrogens (primary N) is 1. The van der Waals surface area contributed by atoms with Crippen LogP contribution in [-0.2, 0) is 9.53 Å². The summed E-state index contributed by atoms with van der Waals surface area (Å²) in [6.07, 6.45) is 6.75. The summed E-state index contributed by atoms with van der Waals surface area (Å²) in [5.74, 6) is 0.801. The Labute approximate surface area is 104 Å². The van der Waals surface area contributed by atoms with E-state index < -0.39 is 6.10 Å². The van der Waals surface area contributed by atoms with E-state index in [1.54, 1.807) is 0 Å². The average Bonchev–Trinajstić information content (AvgIpc) is 2.33. The van der Waals surface area contributed by atoms with Crippen LogP contribution in [0.5, 0.6) is 0 Å². The SMILES string of the molecule is CCCC1CCC(NC(=O)C(CN)OC)CC1. The molecule has 0 aromatic carbocycles. The number of carbonyl (C=O) groups is 1. The van der Waals surface area contributed by atoms with Crippen molar-refractivity contribution in [3.8, 4) is 0 Å². The lowest BCUT2D eigenvalue weighted by atomic mass is 9.83. The highest BCUT2D eigenvalue weighted by atomic mass is 16.5. The summed E-state index contributed by atoms with van der Waals surface area (Å²) in [4.78, 5) is 11.8. The molecule has 0 spiro atoms. The van der Waals surface area contributed by atoms with E-state index in [0.717, 1.165) is 18.8 Å². The van der Waals surface area contributed by atoms with Gasteiger partial charge < -0.3 is 15.8 Å². The second kappa shape index (κ2) is 7.67. The number of methoxy groups -OCH3 is 1. The lowest BCUT2D eigenvalue weighted by Gasteiger charge is -2.29. The summed E-state index contributed by atoms with van der Waals surface area (Å²) in [6.45, 7) is 2.48. The van der Waals surface area contributed by atoms with Crippen LogP contribution in [0.15, 0.2) is 0 Å². The fourth-order valence-corrected chi connectivity index (χ4v) is 2.61. The first-order valence-corrected chi connectivity index (χ1v) is 6.74. The van der Waals surface area contributed by atoms with E-state index in [2.05, 4.69) is 12.2 Å². The molecule has 0 bridgehead atoms. The molecule has 1 saturated carbocycles. The molecule has 4 nitrogen and oxygen atoms in total. The number of hydrogen-bond acceptors (Lipinski definition) is 3. The van der Waals surface area contributed by atoms with Crippen LogP contribution in [0.25, 0.3) is 0 Å². The van der Waals surface area contributed by atoms with E-state index in [1.165, 1.54) is 32.8 Å². The Hall–Kier alpha value is -0.610. The molecule has 1 aliphatic rings. The van der Waals surface area contributed by atoms with E-state index in [1.807, 2.05) is 0 Å². The van der Waals surface area contributed by atoms with Gasteiger partial charge in [0.05, 0.1) is 0 Å². The van der Waals surface area contributed by atoms with Gasteiger partial charge in [0.2, 0.25) is 0 Å². The highest BCUT2D eigenvalue weighted by Gasteiger charge is 2.24. The molecule has 0 radical (unpaired) electrons. The molecule has 1 unspecified atom stereocenters. The van der Waals surface area contributed by atoms with Crippen molar-refractivity contribution in [1.29, 1.82) is 0 Å². The number of carbonyl (C=O) groups excluding carboxylic acids is 1. The van der Waals surface area contributed by atoms with Gasteiger partial charge in [0.15, 0.2) is 0 Å². The van der Waals surface area contributed by atoms with Gasteiger partial charge in [-0.1, -0.05) is 19.8 Å². The summed E-state index contributed by atoms with van der Waals surface area (Å²) in [6, 6.07) is 0.319. The van der Waals surface area contributed by atoms with Crippen molar-refractivity contribution in [2.75, 3.05) is 13.7 Å². The fourth-order valence-electron chi connectivity index (χ4n) is 2.61. The molecule has 1 atom stereocenters. The summed E-state index contributed by atoms with van der Waals surface area (Å²) < 4.78 is 5.03. The fraction of sp³-hybridized carbons (Fsp3) is 0.923. The van der Waals surface area contributed by atoms with E-state index in [0.29, 0.717) is 6.04 Å². The van der Waals surface area contributed by atoms with Gasteiger partial charge in [-0.25, -0.2) is 0 Å². The van der Waals surface area contributed by atoms with Crippen molar-refractivity contribution in [3.05, 3.63) is 0 Å². The van der Waals surface area contributed by atoms with Crippen molar-refractivity contribution in [2.45, 2.75) is 57.6 Å². The van der Waals surface area contributed by atoms with Gasteiger partial charge in [-0.3, -0.25) is 4.79 Å². The van der Waals surface area contributed by atoms with Gasteiger partial charge in [0, 0.05) is 19.7 Å². The molecular formula is C13H26N2O2. The van der Waals surface area contributed by atoms with Crippen molar-refractivity contribution >= 4 is 5.91 Å². The Balaban J connectivity index is 2.27. The van der Waals surface area contributed by atoms with Crippen LogP contribution in [0, 0.1) is 5.92 Å². The minimum absolute atomic E-state index is 0.0612. The summed E-state index contributed by atoms with van der Waals surface area (Å²) in [5, 5.41) is 3.04. The number of amides is 1. The number of ether oxygens (including phenoxy) is 1. The molecule has 0 aromatic rings. The van der Waals surface area contributed by atoms with E-state index in [9.17, 15) is 4.79 Å². The molecule has 0 heterocycles. The van der Waals surface area contributed by atoms with Gasteiger partial charge in [0.25, 0.3) is 5.91 Å². The van der Waals surface area contributed by atoms with Crippen LogP contribution in [0.1, 0.15) is 45.4 Å². The van der Waals surface area contributed by atoms with E-state index in [-0.39, 0.29) is 12.5 Å². The molecule has 1 rings (SSSR count). The minimum atomic E-state index is -0.497. The molecule has 100 valence electrons. The Morgan fingerprint density at radius 2 is 2.06 bits per heavy atom. The highest BCUT2D eigenvalue weighted by molar-refractivity contribution is 5.81. The maximum atomic E-state index is 11.8. The number of hydrogen-bond donors (Lipinski definition) is 2. The third-order valence-corrected chi connectivity index (χ3v) is 3.68. The second-order valence-electron chi connectivity index (χ2n) is 4.97. The maximum absolute atomic E-state index is 11.8. The van der Waals surface area contributed by atoms with Crippen LogP contribution in [-0.4, -0.2) is 31.7 Å². The Morgan fingerprint density at radius 1 is 1.41 bits per heavy atom. The quantitative estimate of drug-likeness (QED) is 0.740. The lowest BCUT2D eigenvalue weighted by molar-refractivity contribution is -0.131. The molecule has 3 N–H and O–H groups in total. The Kier molecular flexibility index (Phi) is 6.52. The van der Waals surface area contributed by atoms with Gasteiger partial charge in [-0.2, -0.15) is 0 Å². The van der Waals surface area contributed by atoms with Gasteiger partial charge in [-0.05, 0) is 31.6 Å². The standard InChI is InChI=1S/C13H26N2O2/c1-3-4-10-5-7-11(8-6-10)15-13(16)12(9-14)17-2/h10-12H,3-9,14H2,1-2H3,(H,15,16). The van der Waals surface area contributed by atoms with Gasteiger partial charge >= 0.3 is 0 Å². The van der Waals surface area contributed by atoms with E-state index in [4.69, 9.17) is 10.5 Å². The topological polar surface area (TPSA) is 64.4 Å². The summed E-state index contributed by atoms with van der Waals surface area (Å²) >= 11 is 0. The summed E-state index contributed by atoms with van der Waals surface area (Å²) in [7, 11) is 1.52. The average molecular weight is 242 g/mol. The van der Waals surface area contributed by atoms with Crippen LogP contribution < -0.4 is 11.1 Å². The normalized spacial score (nSPS) is 26.5. The predicted molar refractivity (Wildman–Crippen MR) is 68.6 cm³/mol. The van der Waals surface area contributed by atoms with Crippen LogP contribution in [0.3, 0.4) is 0 Å². The zero-order valence-electron chi connectivity index (χ0n) is 11.1. The molecule has 0 aromatic heterocycles. The molecule has 0 aliphatic heterocycles. The largest absolute Gasteiger partial charge is 0.370 e. The molecule has 1 aliphatic carbocycles. The number of nitrogens with one attached hydrogen (secondary N) is 1. The zero-order valence-corrected chi connectivity index (χ0v) is 11.1. The van der Waals surface area contributed by atoms with Crippen LogP contribution in [0.2, 0.25) is 0 Å². The van der Waals surface area contributed by atoms with Crippen LogP contribution in [0.4, 0.5) is 0 Å². The molecule has 1 fully saturated rings. The molecular weight excluding hydrogens is 216 g/mol. The van der Waals surface area contributed by atoms with Crippen molar-refractivity contribution in [3.63, 3.8) is 0 Å². The Bertz CT molecular complexity index is 221. The first kappa shape index (κ1) is 14.5. The monoisotopic (exact) mass is 242 g/mol. The predicted octanol–water partition coefficient (Wildman–Crippen LogP) is 1.44. The highest BCUT2D eigenvalue weighted by Crippen LogP contribution is 2.27. The maximum Gasteiger partial charge on any atom is 0.250 e. The third kappa shape index (κ3) is 4.64. The van der Waals surface area contributed by atoms with Crippen molar-refractivity contribution < 1.29 is 9.53 Å². The van der Waals surface area contributed by atoms with Crippen molar-refractivity contribution in [1.82, 2.24) is 5.32 Å². The zero-order chi connectivity index (χ0) is 12.7. The van der Waals surface area contributed by atoms with E-state index >= 15 is 0 Å². The molecule has 4 heteroatoms.